The van der Waals surface area contributed by atoms with E-state index in [9.17, 15) is 5.11 Å². The zero-order chi connectivity index (χ0) is 13.8. The summed E-state index contributed by atoms with van der Waals surface area (Å²) in [5.74, 6) is 1.94. The number of anilines is 1. The smallest absolute Gasteiger partial charge is 0.213 e. The number of benzene rings is 1. The maximum Gasteiger partial charge on any atom is 0.213 e. The third-order valence-corrected chi connectivity index (χ3v) is 3.09. The second-order valence-corrected chi connectivity index (χ2v) is 4.95. The van der Waals surface area contributed by atoms with Crippen LogP contribution in [-0.2, 0) is 13.2 Å². The van der Waals surface area contributed by atoms with Crippen LogP contribution in [0.5, 0.6) is 0 Å². The predicted octanol–water partition coefficient (Wildman–Crippen LogP) is 2.93. The summed E-state index contributed by atoms with van der Waals surface area (Å²) in [6, 6.07) is 7.78. The number of nitrogens with zero attached hydrogens (tertiary/aromatic N) is 2. The molecule has 19 heavy (non-hydrogen) atoms. The van der Waals surface area contributed by atoms with Crippen LogP contribution >= 0.6 is 0 Å². The van der Waals surface area contributed by atoms with E-state index in [2.05, 4.69) is 18.8 Å². The number of rotatable bonds is 5. The molecule has 0 aliphatic heterocycles. The van der Waals surface area contributed by atoms with Gasteiger partial charge in [0.25, 0.3) is 0 Å². The van der Waals surface area contributed by atoms with Crippen LogP contribution in [0.4, 0.5) is 5.69 Å². The highest BCUT2D eigenvalue weighted by atomic mass is 16.4. The molecule has 1 aromatic carbocycles. The van der Waals surface area contributed by atoms with Crippen molar-refractivity contribution >= 4 is 5.69 Å². The number of aliphatic hydroxyl groups excluding tert-OH is 1. The Kier molecular flexibility index (Phi) is 4.22. The topological polar surface area (TPSA) is 49.5 Å². The van der Waals surface area contributed by atoms with Crippen molar-refractivity contribution in [2.75, 3.05) is 11.9 Å². The number of aliphatic hydroxyl groups is 1. The number of oxazole rings is 1. The second kappa shape index (κ2) is 5.89. The monoisotopic (exact) mass is 260 g/mol. The fourth-order valence-electron chi connectivity index (χ4n) is 1.97. The Morgan fingerprint density at radius 3 is 2.68 bits per heavy atom. The summed E-state index contributed by atoms with van der Waals surface area (Å²) < 4.78 is 5.70. The lowest BCUT2D eigenvalue weighted by Crippen LogP contribution is -2.18. The molecule has 2 aromatic rings. The maximum atomic E-state index is 9.34. The van der Waals surface area contributed by atoms with Crippen LogP contribution in [0.2, 0.25) is 0 Å². The Morgan fingerprint density at radius 1 is 1.32 bits per heavy atom. The zero-order valence-electron chi connectivity index (χ0n) is 11.6. The Morgan fingerprint density at radius 2 is 2.05 bits per heavy atom. The highest BCUT2D eigenvalue weighted by Crippen LogP contribution is 2.22. The summed E-state index contributed by atoms with van der Waals surface area (Å²) >= 11 is 0. The van der Waals surface area contributed by atoms with E-state index in [1.54, 1.807) is 6.20 Å². The minimum absolute atomic E-state index is 0.0311. The lowest BCUT2D eigenvalue weighted by Gasteiger charge is -2.20. The van der Waals surface area contributed by atoms with Crippen LogP contribution in [0.1, 0.15) is 37.0 Å². The fraction of sp³-hybridized carbons (Fsp3) is 0.400. The average molecular weight is 260 g/mol. The van der Waals surface area contributed by atoms with E-state index in [1.165, 1.54) is 0 Å². The van der Waals surface area contributed by atoms with E-state index in [0.29, 0.717) is 18.4 Å². The summed E-state index contributed by atoms with van der Waals surface area (Å²) in [6.07, 6.45) is 1.78. The van der Waals surface area contributed by atoms with Crippen LogP contribution in [0.25, 0.3) is 0 Å². The largest absolute Gasteiger partial charge is 0.444 e. The minimum atomic E-state index is 0.0311. The molecule has 0 aliphatic rings. The molecule has 1 heterocycles. The molecule has 0 spiro atoms. The van der Waals surface area contributed by atoms with Gasteiger partial charge in [-0.2, -0.15) is 0 Å². The molecule has 2 rings (SSSR count). The molecular weight excluding hydrogens is 240 g/mol. The first-order chi connectivity index (χ1) is 9.11. The molecule has 0 atom stereocenters. The van der Waals surface area contributed by atoms with Crippen molar-refractivity contribution < 1.29 is 9.52 Å². The Hall–Kier alpha value is -1.81. The molecule has 0 amide bonds. The lowest BCUT2D eigenvalue weighted by molar-refractivity contribution is 0.282. The first-order valence-electron chi connectivity index (χ1n) is 6.46. The van der Waals surface area contributed by atoms with Crippen molar-refractivity contribution in [1.29, 1.82) is 0 Å². The molecule has 0 aliphatic carbocycles. The normalized spacial score (nSPS) is 11.0. The molecule has 1 N–H and O–H groups in total. The third kappa shape index (κ3) is 3.15. The van der Waals surface area contributed by atoms with E-state index in [1.807, 2.05) is 36.2 Å². The van der Waals surface area contributed by atoms with Gasteiger partial charge in [0.05, 0.1) is 19.3 Å². The van der Waals surface area contributed by atoms with Gasteiger partial charge in [-0.05, 0) is 6.07 Å². The van der Waals surface area contributed by atoms with E-state index < -0.39 is 0 Å². The molecule has 1 aromatic heterocycles. The van der Waals surface area contributed by atoms with E-state index >= 15 is 0 Å². The van der Waals surface area contributed by atoms with Crippen molar-refractivity contribution in [3.8, 4) is 0 Å². The number of para-hydroxylation sites is 1. The second-order valence-electron chi connectivity index (χ2n) is 4.95. The molecule has 0 saturated heterocycles. The maximum absolute atomic E-state index is 9.34. The molecule has 0 unspecified atom stereocenters. The summed E-state index contributed by atoms with van der Waals surface area (Å²) in [5.41, 5.74) is 1.90. The van der Waals surface area contributed by atoms with Gasteiger partial charge in [-0.25, -0.2) is 4.98 Å². The number of hydrogen-bond acceptors (Lipinski definition) is 4. The molecule has 102 valence electrons. The SMILES string of the molecule is CC(C)c1cnc(CN(C)c2ccccc2CO)o1. The first-order valence-corrected chi connectivity index (χ1v) is 6.46. The first kappa shape index (κ1) is 13.6. The summed E-state index contributed by atoms with van der Waals surface area (Å²) in [7, 11) is 1.97. The zero-order valence-corrected chi connectivity index (χ0v) is 11.6. The molecular formula is C15H20N2O2. The molecule has 0 saturated carbocycles. The predicted molar refractivity (Wildman–Crippen MR) is 75.1 cm³/mol. The highest BCUT2D eigenvalue weighted by Gasteiger charge is 2.11. The van der Waals surface area contributed by atoms with E-state index in [4.69, 9.17) is 4.42 Å². The van der Waals surface area contributed by atoms with Gasteiger partial charge >= 0.3 is 0 Å². The van der Waals surface area contributed by atoms with Gasteiger partial charge in [-0.1, -0.05) is 32.0 Å². The third-order valence-electron chi connectivity index (χ3n) is 3.09. The number of hydrogen-bond donors (Lipinski definition) is 1. The number of aromatic nitrogens is 1. The highest BCUT2D eigenvalue weighted by molar-refractivity contribution is 5.52. The van der Waals surface area contributed by atoms with Crippen molar-refractivity contribution in [2.24, 2.45) is 0 Å². The van der Waals surface area contributed by atoms with Crippen molar-refractivity contribution in [1.82, 2.24) is 4.98 Å². The van der Waals surface area contributed by atoms with Crippen LogP contribution in [-0.4, -0.2) is 17.1 Å². The van der Waals surface area contributed by atoms with Crippen LogP contribution in [0, 0.1) is 0 Å². The van der Waals surface area contributed by atoms with Gasteiger partial charge in [0, 0.05) is 24.2 Å². The van der Waals surface area contributed by atoms with Crippen LogP contribution in [0.3, 0.4) is 0 Å². The Bertz CT molecular complexity index is 534. The summed E-state index contributed by atoms with van der Waals surface area (Å²) in [5, 5.41) is 9.34. The molecule has 0 fully saturated rings. The van der Waals surface area contributed by atoms with Gasteiger partial charge in [0.15, 0.2) is 0 Å². The van der Waals surface area contributed by atoms with Crippen LogP contribution in [0.15, 0.2) is 34.9 Å². The molecule has 0 radical (unpaired) electrons. The van der Waals surface area contributed by atoms with Gasteiger partial charge in [-0.3, -0.25) is 0 Å². The van der Waals surface area contributed by atoms with Gasteiger partial charge in [0.1, 0.15) is 5.76 Å². The molecule has 4 nitrogen and oxygen atoms in total. The fourth-order valence-corrected chi connectivity index (χ4v) is 1.97. The van der Waals surface area contributed by atoms with Gasteiger partial charge in [0.2, 0.25) is 5.89 Å². The Labute approximate surface area is 113 Å². The lowest BCUT2D eigenvalue weighted by atomic mass is 10.2. The summed E-state index contributed by atoms with van der Waals surface area (Å²) in [6.45, 7) is 4.78. The molecule has 0 bridgehead atoms. The minimum Gasteiger partial charge on any atom is -0.444 e. The van der Waals surface area contributed by atoms with E-state index in [0.717, 1.165) is 17.0 Å². The summed E-state index contributed by atoms with van der Waals surface area (Å²) in [4.78, 5) is 6.32. The average Bonchev–Trinajstić information content (AvgIpc) is 2.87. The van der Waals surface area contributed by atoms with E-state index in [-0.39, 0.29) is 6.61 Å². The van der Waals surface area contributed by atoms with Gasteiger partial charge in [-0.15, -0.1) is 0 Å². The standard InChI is InChI=1S/C15H20N2O2/c1-11(2)14-8-16-15(19-14)9-17(3)13-7-5-4-6-12(13)10-18/h4-8,11,18H,9-10H2,1-3H3. The Balaban J connectivity index is 2.13. The van der Waals surface area contributed by atoms with Crippen molar-refractivity contribution in [2.45, 2.75) is 32.9 Å². The quantitative estimate of drug-likeness (QED) is 0.898. The van der Waals surface area contributed by atoms with Crippen molar-refractivity contribution in [3.63, 3.8) is 0 Å². The molecule has 4 heteroatoms. The van der Waals surface area contributed by atoms with Crippen LogP contribution < -0.4 is 4.90 Å². The van der Waals surface area contributed by atoms with Gasteiger partial charge < -0.3 is 14.4 Å². The van der Waals surface area contributed by atoms with Crippen molar-refractivity contribution in [3.05, 3.63) is 47.7 Å².